The van der Waals surface area contributed by atoms with E-state index in [4.69, 9.17) is 9.84 Å². The number of benzene rings is 1. The lowest BCUT2D eigenvalue weighted by Gasteiger charge is -2.32. The Bertz CT molecular complexity index is 484. The lowest BCUT2D eigenvalue weighted by Crippen LogP contribution is -2.42. The van der Waals surface area contributed by atoms with Gasteiger partial charge >= 0.3 is 6.18 Å². The third-order valence-corrected chi connectivity index (χ3v) is 3.56. The van der Waals surface area contributed by atoms with Crippen LogP contribution in [0.4, 0.5) is 13.2 Å². The molecule has 0 fully saturated rings. The van der Waals surface area contributed by atoms with Gasteiger partial charge in [0.15, 0.2) is 6.10 Å². The number of aliphatic hydroxyl groups is 2. The molecule has 0 saturated carbocycles. The van der Waals surface area contributed by atoms with Crippen molar-refractivity contribution in [1.82, 2.24) is 0 Å². The number of hydrogen-bond donors (Lipinski definition) is 2. The molecular formula is C15H21F3O3. The molecule has 0 spiro atoms. The maximum absolute atomic E-state index is 12.5. The summed E-state index contributed by atoms with van der Waals surface area (Å²) in [5.41, 5.74) is 0.760. The Morgan fingerprint density at radius 3 is 2.24 bits per heavy atom. The molecule has 2 N–H and O–H groups in total. The van der Waals surface area contributed by atoms with Gasteiger partial charge in [0.1, 0.15) is 5.75 Å². The normalized spacial score (nSPS) is 15.7. The SMILES string of the molecule is COc1c(C)cccc1C(C)(C)CC(O)C(O)C(F)(F)F. The number of aryl methyl sites for hydroxylation is 1. The predicted molar refractivity (Wildman–Crippen MR) is 73.4 cm³/mol. The second-order valence-electron chi connectivity index (χ2n) is 5.80. The van der Waals surface area contributed by atoms with Gasteiger partial charge in [-0.15, -0.1) is 0 Å². The highest BCUT2D eigenvalue weighted by Gasteiger charge is 2.45. The van der Waals surface area contributed by atoms with E-state index in [1.165, 1.54) is 7.11 Å². The summed E-state index contributed by atoms with van der Waals surface area (Å²) >= 11 is 0. The number of alkyl halides is 3. The molecule has 120 valence electrons. The van der Waals surface area contributed by atoms with Gasteiger partial charge < -0.3 is 14.9 Å². The number of hydrogen-bond acceptors (Lipinski definition) is 3. The molecule has 0 aromatic heterocycles. The van der Waals surface area contributed by atoms with E-state index < -0.39 is 23.8 Å². The van der Waals surface area contributed by atoms with Crippen LogP contribution in [0, 0.1) is 6.92 Å². The Balaban J connectivity index is 3.04. The maximum atomic E-state index is 12.5. The second-order valence-corrected chi connectivity index (χ2v) is 5.80. The summed E-state index contributed by atoms with van der Waals surface area (Å²) in [6, 6.07) is 5.36. The molecule has 3 nitrogen and oxygen atoms in total. The van der Waals surface area contributed by atoms with Crippen molar-refractivity contribution in [2.75, 3.05) is 7.11 Å². The van der Waals surface area contributed by atoms with Gasteiger partial charge in [-0.2, -0.15) is 13.2 Å². The Morgan fingerprint density at radius 2 is 1.76 bits per heavy atom. The minimum absolute atomic E-state index is 0.243. The van der Waals surface area contributed by atoms with E-state index in [1.807, 2.05) is 13.0 Å². The summed E-state index contributed by atoms with van der Waals surface area (Å²) < 4.78 is 42.7. The van der Waals surface area contributed by atoms with Gasteiger partial charge in [0, 0.05) is 5.56 Å². The lowest BCUT2D eigenvalue weighted by atomic mass is 9.77. The first kappa shape index (κ1) is 17.8. The molecule has 1 aromatic rings. The molecule has 0 aliphatic carbocycles. The van der Waals surface area contributed by atoms with E-state index in [0.29, 0.717) is 11.3 Å². The van der Waals surface area contributed by atoms with Crippen LogP contribution in [-0.2, 0) is 5.41 Å². The third kappa shape index (κ3) is 4.11. The molecule has 2 atom stereocenters. The first-order chi connectivity index (χ1) is 9.50. The summed E-state index contributed by atoms with van der Waals surface area (Å²) in [5, 5.41) is 18.8. The van der Waals surface area contributed by atoms with E-state index >= 15 is 0 Å². The fourth-order valence-corrected chi connectivity index (χ4v) is 2.42. The van der Waals surface area contributed by atoms with Crippen LogP contribution in [0.1, 0.15) is 31.4 Å². The topological polar surface area (TPSA) is 49.7 Å². The van der Waals surface area contributed by atoms with Gasteiger partial charge in [-0.3, -0.25) is 0 Å². The van der Waals surface area contributed by atoms with Gasteiger partial charge in [0.2, 0.25) is 0 Å². The third-order valence-electron chi connectivity index (χ3n) is 3.56. The quantitative estimate of drug-likeness (QED) is 0.879. The van der Waals surface area contributed by atoms with Gasteiger partial charge in [-0.05, 0) is 24.3 Å². The van der Waals surface area contributed by atoms with Crippen molar-refractivity contribution < 1.29 is 28.1 Å². The van der Waals surface area contributed by atoms with E-state index in [2.05, 4.69) is 0 Å². The lowest BCUT2D eigenvalue weighted by molar-refractivity contribution is -0.231. The van der Waals surface area contributed by atoms with Crippen molar-refractivity contribution in [2.24, 2.45) is 0 Å². The predicted octanol–water partition coefficient (Wildman–Crippen LogP) is 2.96. The van der Waals surface area contributed by atoms with Crippen molar-refractivity contribution in [3.8, 4) is 5.75 Å². The summed E-state index contributed by atoms with van der Waals surface area (Å²) in [6.07, 6.45) is -9.74. The van der Waals surface area contributed by atoms with Gasteiger partial charge in [-0.1, -0.05) is 32.0 Å². The van der Waals surface area contributed by atoms with Crippen LogP contribution in [0.5, 0.6) is 5.75 Å². The maximum Gasteiger partial charge on any atom is 0.416 e. The average Bonchev–Trinajstić information content (AvgIpc) is 2.35. The summed E-state index contributed by atoms with van der Waals surface area (Å²) in [6.45, 7) is 5.24. The van der Waals surface area contributed by atoms with Crippen molar-refractivity contribution in [2.45, 2.75) is 51.0 Å². The number of aliphatic hydroxyl groups excluding tert-OH is 2. The number of methoxy groups -OCH3 is 1. The van der Waals surface area contributed by atoms with E-state index in [-0.39, 0.29) is 6.42 Å². The highest BCUT2D eigenvalue weighted by molar-refractivity contribution is 5.44. The van der Waals surface area contributed by atoms with Crippen LogP contribution >= 0.6 is 0 Å². The first-order valence-corrected chi connectivity index (χ1v) is 6.57. The molecule has 0 aliphatic heterocycles. The summed E-state index contributed by atoms with van der Waals surface area (Å²) in [4.78, 5) is 0. The average molecular weight is 306 g/mol. The zero-order chi connectivity index (χ0) is 16.4. The van der Waals surface area contributed by atoms with Crippen molar-refractivity contribution in [3.63, 3.8) is 0 Å². The Hall–Kier alpha value is -1.27. The molecule has 0 bridgehead atoms. The highest BCUT2D eigenvalue weighted by atomic mass is 19.4. The van der Waals surface area contributed by atoms with Crippen molar-refractivity contribution >= 4 is 0 Å². The summed E-state index contributed by atoms with van der Waals surface area (Å²) in [7, 11) is 1.49. The van der Waals surface area contributed by atoms with E-state index in [1.54, 1.807) is 26.0 Å². The minimum Gasteiger partial charge on any atom is -0.496 e. The molecule has 0 amide bonds. The van der Waals surface area contributed by atoms with Crippen LogP contribution in [0.15, 0.2) is 18.2 Å². The number of halogens is 3. The standard InChI is InChI=1S/C15H21F3O3/c1-9-6-5-7-10(12(9)21-4)14(2,3)8-11(19)13(20)15(16,17)18/h5-7,11,13,19-20H,8H2,1-4H3. The number of para-hydroxylation sites is 1. The Kier molecular flexibility index (Phi) is 5.28. The van der Waals surface area contributed by atoms with Crippen LogP contribution in [0.2, 0.25) is 0 Å². The molecule has 6 heteroatoms. The van der Waals surface area contributed by atoms with Crippen LogP contribution in [-0.4, -0.2) is 35.7 Å². The Morgan fingerprint density at radius 1 is 1.19 bits per heavy atom. The smallest absolute Gasteiger partial charge is 0.416 e. The molecule has 0 heterocycles. The molecule has 0 aliphatic rings. The Labute approximate surface area is 122 Å². The number of rotatable bonds is 5. The minimum atomic E-state index is -4.84. The molecular weight excluding hydrogens is 285 g/mol. The largest absolute Gasteiger partial charge is 0.496 e. The fraction of sp³-hybridized carbons (Fsp3) is 0.600. The van der Waals surface area contributed by atoms with E-state index in [9.17, 15) is 18.3 Å². The molecule has 21 heavy (non-hydrogen) atoms. The van der Waals surface area contributed by atoms with E-state index in [0.717, 1.165) is 5.56 Å². The highest BCUT2D eigenvalue weighted by Crippen LogP contribution is 2.38. The van der Waals surface area contributed by atoms with Gasteiger partial charge in [0.05, 0.1) is 13.2 Å². The number of ether oxygens (including phenoxy) is 1. The molecule has 1 rings (SSSR count). The zero-order valence-electron chi connectivity index (χ0n) is 12.5. The molecule has 2 unspecified atom stereocenters. The molecule has 0 saturated heterocycles. The second kappa shape index (κ2) is 6.23. The van der Waals surface area contributed by atoms with Crippen molar-refractivity contribution in [1.29, 1.82) is 0 Å². The van der Waals surface area contributed by atoms with Crippen LogP contribution in [0.25, 0.3) is 0 Å². The van der Waals surface area contributed by atoms with Crippen molar-refractivity contribution in [3.05, 3.63) is 29.3 Å². The fourth-order valence-electron chi connectivity index (χ4n) is 2.42. The molecule has 1 aromatic carbocycles. The van der Waals surface area contributed by atoms with Gasteiger partial charge in [0.25, 0.3) is 0 Å². The molecule has 0 radical (unpaired) electrons. The van der Waals surface area contributed by atoms with Crippen LogP contribution < -0.4 is 4.74 Å². The van der Waals surface area contributed by atoms with Gasteiger partial charge in [-0.25, -0.2) is 0 Å². The van der Waals surface area contributed by atoms with Crippen LogP contribution in [0.3, 0.4) is 0 Å². The summed E-state index contributed by atoms with van der Waals surface area (Å²) in [5.74, 6) is 0.580. The monoisotopic (exact) mass is 306 g/mol. The first-order valence-electron chi connectivity index (χ1n) is 6.57. The zero-order valence-corrected chi connectivity index (χ0v) is 12.5.